The molecule has 3 heteroatoms. The smallest absolute Gasteiger partial charge is 0.153 e. The van der Waals surface area contributed by atoms with Gasteiger partial charge in [0.15, 0.2) is 6.29 Å². The lowest BCUT2D eigenvalue weighted by Crippen LogP contribution is -1.94. The summed E-state index contributed by atoms with van der Waals surface area (Å²) in [6.07, 6.45) is 3.11. The standard InChI is InChI=1S/C13H14N2O/c1-9-3-10(2)5-11(4-9)6-13-12(8-16)7-14-15-13/h3-5,7-8H,6H2,1-2H3,(H,14,15). The third-order valence-electron chi connectivity index (χ3n) is 2.54. The Morgan fingerprint density at radius 2 is 1.94 bits per heavy atom. The first-order chi connectivity index (χ1) is 7.69. The summed E-state index contributed by atoms with van der Waals surface area (Å²) in [4.78, 5) is 10.8. The summed E-state index contributed by atoms with van der Waals surface area (Å²) in [7, 11) is 0. The van der Waals surface area contributed by atoms with E-state index in [9.17, 15) is 4.79 Å². The number of rotatable bonds is 3. The Morgan fingerprint density at radius 1 is 1.25 bits per heavy atom. The number of benzene rings is 1. The van der Waals surface area contributed by atoms with Crippen molar-refractivity contribution in [2.45, 2.75) is 20.3 Å². The van der Waals surface area contributed by atoms with Gasteiger partial charge in [0.1, 0.15) is 0 Å². The lowest BCUT2D eigenvalue weighted by molar-refractivity contribution is 0.112. The largest absolute Gasteiger partial charge is 0.298 e. The van der Waals surface area contributed by atoms with E-state index in [-0.39, 0.29) is 0 Å². The highest BCUT2D eigenvalue weighted by Crippen LogP contribution is 2.14. The highest BCUT2D eigenvalue weighted by Gasteiger charge is 2.05. The molecule has 1 aromatic heterocycles. The molecule has 16 heavy (non-hydrogen) atoms. The van der Waals surface area contributed by atoms with Gasteiger partial charge in [-0.05, 0) is 19.4 Å². The van der Waals surface area contributed by atoms with Gasteiger partial charge in [0.25, 0.3) is 0 Å². The van der Waals surface area contributed by atoms with Crippen LogP contribution in [-0.4, -0.2) is 16.5 Å². The summed E-state index contributed by atoms with van der Waals surface area (Å²) >= 11 is 0. The van der Waals surface area contributed by atoms with Crippen molar-refractivity contribution in [1.82, 2.24) is 10.2 Å². The molecule has 2 aromatic rings. The molecule has 0 bridgehead atoms. The summed E-state index contributed by atoms with van der Waals surface area (Å²) in [6, 6.07) is 6.39. The molecule has 2 rings (SSSR count). The number of aryl methyl sites for hydroxylation is 2. The fourth-order valence-corrected chi connectivity index (χ4v) is 1.94. The van der Waals surface area contributed by atoms with Crippen molar-refractivity contribution < 1.29 is 4.79 Å². The van der Waals surface area contributed by atoms with E-state index in [1.807, 2.05) is 0 Å². The Morgan fingerprint density at radius 3 is 2.56 bits per heavy atom. The van der Waals surface area contributed by atoms with Gasteiger partial charge in [-0.25, -0.2) is 0 Å². The van der Waals surface area contributed by atoms with Gasteiger partial charge in [-0.15, -0.1) is 0 Å². The molecule has 0 saturated carbocycles. The molecular formula is C13H14N2O. The van der Waals surface area contributed by atoms with Gasteiger partial charge in [0.05, 0.1) is 17.5 Å². The van der Waals surface area contributed by atoms with Crippen LogP contribution in [0.2, 0.25) is 0 Å². The molecular weight excluding hydrogens is 200 g/mol. The average molecular weight is 214 g/mol. The van der Waals surface area contributed by atoms with Crippen LogP contribution in [0, 0.1) is 13.8 Å². The number of nitrogens with zero attached hydrogens (tertiary/aromatic N) is 1. The van der Waals surface area contributed by atoms with E-state index in [2.05, 4.69) is 42.2 Å². The minimum absolute atomic E-state index is 0.638. The summed E-state index contributed by atoms with van der Waals surface area (Å²) in [6.45, 7) is 4.15. The molecule has 1 aromatic carbocycles. The lowest BCUT2D eigenvalue weighted by atomic mass is 10.0. The highest BCUT2D eigenvalue weighted by atomic mass is 16.1. The van der Waals surface area contributed by atoms with Crippen molar-refractivity contribution in [3.8, 4) is 0 Å². The zero-order valence-corrected chi connectivity index (χ0v) is 9.45. The molecule has 82 valence electrons. The molecule has 0 fully saturated rings. The molecule has 1 N–H and O–H groups in total. The van der Waals surface area contributed by atoms with Crippen LogP contribution in [0.1, 0.15) is 32.7 Å². The molecule has 0 aliphatic carbocycles. The number of aldehydes is 1. The van der Waals surface area contributed by atoms with Crippen molar-refractivity contribution in [2.75, 3.05) is 0 Å². The van der Waals surface area contributed by atoms with Crippen LogP contribution < -0.4 is 0 Å². The van der Waals surface area contributed by atoms with Gasteiger partial charge >= 0.3 is 0 Å². The highest BCUT2D eigenvalue weighted by molar-refractivity contribution is 5.76. The van der Waals surface area contributed by atoms with Crippen molar-refractivity contribution >= 4 is 6.29 Å². The van der Waals surface area contributed by atoms with Gasteiger partial charge in [-0.1, -0.05) is 29.3 Å². The molecule has 0 spiro atoms. The van der Waals surface area contributed by atoms with Crippen LogP contribution >= 0.6 is 0 Å². The third-order valence-corrected chi connectivity index (χ3v) is 2.54. The summed E-state index contributed by atoms with van der Waals surface area (Å²) in [5.74, 6) is 0. The van der Waals surface area contributed by atoms with Crippen LogP contribution in [0.15, 0.2) is 24.4 Å². The first-order valence-corrected chi connectivity index (χ1v) is 5.23. The van der Waals surface area contributed by atoms with Crippen molar-refractivity contribution in [1.29, 1.82) is 0 Å². The Hall–Kier alpha value is -1.90. The predicted molar refractivity (Wildman–Crippen MR) is 62.7 cm³/mol. The fourth-order valence-electron chi connectivity index (χ4n) is 1.94. The van der Waals surface area contributed by atoms with E-state index < -0.39 is 0 Å². The second kappa shape index (κ2) is 4.31. The number of aromatic nitrogens is 2. The number of aromatic amines is 1. The SMILES string of the molecule is Cc1cc(C)cc(Cc2[nH]ncc2C=O)c1. The number of hydrogen-bond donors (Lipinski definition) is 1. The molecule has 0 radical (unpaired) electrons. The van der Waals surface area contributed by atoms with Crippen LogP contribution in [0.4, 0.5) is 0 Å². The summed E-state index contributed by atoms with van der Waals surface area (Å²) < 4.78 is 0. The second-order valence-corrected chi connectivity index (χ2v) is 4.09. The van der Waals surface area contributed by atoms with E-state index in [4.69, 9.17) is 0 Å². The minimum Gasteiger partial charge on any atom is -0.298 e. The van der Waals surface area contributed by atoms with Crippen molar-refractivity contribution in [2.24, 2.45) is 0 Å². The van der Waals surface area contributed by atoms with E-state index in [1.54, 1.807) is 6.20 Å². The average Bonchev–Trinajstić information content (AvgIpc) is 2.63. The molecule has 0 amide bonds. The van der Waals surface area contributed by atoms with Crippen LogP contribution in [0.25, 0.3) is 0 Å². The van der Waals surface area contributed by atoms with Gasteiger partial charge in [0.2, 0.25) is 0 Å². The van der Waals surface area contributed by atoms with E-state index in [0.717, 1.165) is 18.4 Å². The Labute approximate surface area is 94.5 Å². The molecule has 1 heterocycles. The summed E-state index contributed by atoms with van der Waals surface area (Å²) in [5, 5.41) is 6.74. The molecule has 0 saturated heterocycles. The van der Waals surface area contributed by atoms with E-state index in [0.29, 0.717) is 5.56 Å². The van der Waals surface area contributed by atoms with E-state index in [1.165, 1.54) is 16.7 Å². The van der Waals surface area contributed by atoms with Crippen molar-refractivity contribution in [3.63, 3.8) is 0 Å². The zero-order chi connectivity index (χ0) is 11.5. The second-order valence-electron chi connectivity index (χ2n) is 4.09. The molecule has 3 nitrogen and oxygen atoms in total. The monoisotopic (exact) mass is 214 g/mol. The topological polar surface area (TPSA) is 45.8 Å². The predicted octanol–water partition coefficient (Wildman–Crippen LogP) is 2.43. The zero-order valence-electron chi connectivity index (χ0n) is 9.45. The minimum atomic E-state index is 0.638. The Bertz CT molecular complexity index is 494. The third kappa shape index (κ3) is 2.19. The maximum atomic E-state index is 10.8. The molecule has 0 atom stereocenters. The maximum absolute atomic E-state index is 10.8. The first kappa shape index (κ1) is 10.6. The number of H-pyrrole nitrogens is 1. The number of carbonyl (C=O) groups is 1. The first-order valence-electron chi connectivity index (χ1n) is 5.23. The lowest BCUT2D eigenvalue weighted by Gasteiger charge is -2.04. The van der Waals surface area contributed by atoms with Gasteiger partial charge in [0, 0.05) is 6.42 Å². The fraction of sp³-hybridized carbons (Fsp3) is 0.231. The van der Waals surface area contributed by atoms with Gasteiger partial charge in [-0.3, -0.25) is 9.89 Å². The normalized spacial score (nSPS) is 10.4. The molecule has 0 aliphatic rings. The van der Waals surface area contributed by atoms with Gasteiger partial charge < -0.3 is 0 Å². The quantitative estimate of drug-likeness (QED) is 0.797. The Kier molecular flexibility index (Phi) is 2.86. The van der Waals surface area contributed by atoms with Crippen molar-refractivity contribution in [3.05, 3.63) is 52.3 Å². The van der Waals surface area contributed by atoms with Gasteiger partial charge in [-0.2, -0.15) is 5.10 Å². The summed E-state index contributed by atoms with van der Waals surface area (Å²) in [5.41, 5.74) is 5.19. The van der Waals surface area contributed by atoms with Crippen LogP contribution in [0.5, 0.6) is 0 Å². The number of hydrogen-bond acceptors (Lipinski definition) is 2. The molecule has 0 unspecified atom stereocenters. The number of nitrogens with one attached hydrogen (secondary N) is 1. The Balaban J connectivity index is 2.30. The molecule has 0 aliphatic heterocycles. The number of carbonyl (C=O) groups excluding carboxylic acids is 1. The van der Waals surface area contributed by atoms with Crippen LogP contribution in [-0.2, 0) is 6.42 Å². The maximum Gasteiger partial charge on any atom is 0.153 e. The van der Waals surface area contributed by atoms with Crippen LogP contribution in [0.3, 0.4) is 0 Å². The van der Waals surface area contributed by atoms with E-state index >= 15 is 0 Å².